The van der Waals surface area contributed by atoms with Crippen LogP contribution in [-0.4, -0.2) is 36.4 Å². The van der Waals surface area contributed by atoms with Crippen LogP contribution in [0.4, 0.5) is 0 Å². The first-order valence-electron chi connectivity index (χ1n) is 5.71. The highest BCUT2D eigenvalue weighted by Crippen LogP contribution is 2.12. The van der Waals surface area contributed by atoms with Gasteiger partial charge in [0.25, 0.3) is 0 Å². The second kappa shape index (κ2) is 7.35. The van der Waals surface area contributed by atoms with Crippen LogP contribution in [0.2, 0.25) is 0 Å². The lowest BCUT2D eigenvalue weighted by Crippen LogP contribution is -2.36. The molecular formula is C13H20N2OS. The molecule has 0 radical (unpaired) electrons. The van der Waals surface area contributed by atoms with Crippen molar-refractivity contribution in [3.05, 3.63) is 35.9 Å². The maximum Gasteiger partial charge on any atom is 0.243 e. The fourth-order valence-electron chi connectivity index (χ4n) is 1.60. The third-order valence-corrected chi connectivity index (χ3v) is 3.34. The Hall–Kier alpha value is -1.00. The first kappa shape index (κ1) is 14.1. The lowest BCUT2D eigenvalue weighted by molar-refractivity contribution is -0.131. The molecule has 0 aromatic heterocycles. The highest BCUT2D eigenvalue weighted by Gasteiger charge is 2.18. The van der Waals surface area contributed by atoms with Crippen molar-refractivity contribution in [1.29, 1.82) is 0 Å². The Bertz CT molecular complexity index is 343. The molecule has 0 fully saturated rings. The zero-order chi connectivity index (χ0) is 12.7. The van der Waals surface area contributed by atoms with Crippen LogP contribution >= 0.6 is 11.8 Å². The first-order valence-corrected chi connectivity index (χ1v) is 7.10. The van der Waals surface area contributed by atoms with Crippen molar-refractivity contribution in [2.75, 3.05) is 25.6 Å². The number of nitrogens with zero attached hydrogens (tertiary/aromatic N) is 1. The number of carbonyl (C=O) groups excluding carboxylic acids is 1. The number of nitrogens with two attached hydrogens (primary N) is 1. The molecule has 1 atom stereocenters. The molecule has 0 spiro atoms. The minimum atomic E-state index is -0.546. The SMILES string of the molecule is CSCCCN(C)C(=O)[C@@H](N)c1ccccc1. The topological polar surface area (TPSA) is 46.3 Å². The average molecular weight is 252 g/mol. The van der Waals surface area contributed by atoms with Crippen LogP contribution < -0.4 is 5.73 Å². The molecule has 0 saturated carbocycles. The number of hydrogen-bond acceptors (Lipinski definition) is 3. The van der Waals surface area contributed by atoms with E-state index < -0.39 is 6.04 Å². The van der Waals surface area contributed by atoms with Gasteiger partial charge >= 0.3 is 0 Å². The maximum absolute atomic E-state index is 12.0. The molecule has 2 N–H and O–H groups in total. The number of carbonyl (C=O) groups is 1. The van der Waals surface area contributed by atoms with Gasteiger partial charge in [-0.25, -0.2) is 0 Å². The number of benzene rings is 1. The fraction of sp³-hybridized carbons (Fsp3) is 0.462. The van der Waals surface area contributed by atoms with Crippen LogP contribution in [0, 0.1) is 0 Å². The lowest BCUT2D eigenvalue weighted by atomic mass is 10.1. The molecule has 17 heavy (non-hydrogen) atoms. The Morgan fingerprint density at radius 3 is 2.65 bits per heavy atom. The van der Waals surface area contributed by atoms with Crippen molar-refractivity contribution in [2.45, 2.75) is 12.5 Å². The highest BCUT2D eigenvalue weighted by atomic mass is 32.2. The minimum Gasteiger partial charge on any atom is -0.344 e. The maximum atomic E-state index is 12.0. The first-order chi connectivity index (χ1) is 8.16. The summed E-state index contributed by atoms with van der Waals surface area (Å²) in [5.74, 6) is 1.05. The van der Waals surface area contributed by atoms with Gasteiger partial charge < -0.3 is 10.6 Å². The van der Waals surface area contributed by atoms with Crippen molar-refractivity contribution in [3.63, 3.8) is 0 Å². The molecule has 1 amide bonds. The van der Waals surface area contributed by atoms with Gasteiger partial charge in [-0.05, 0) is 24.0 Å². The van der Waals surface area contributed by atoms with Crippen molar-refractivity contribution in [3.8, 4) is 0 Å². The van der Waals surface area contributed by atoms with Crippen molar-refractivity contribution >= 4 is 17.7 Å². The summed E-state index contributed by atoms with van der Waals surface area (Å²) in [6.45, 7) is 0.764. The van der Waals surface area contributed by atoms with Crippen molar-refractivity contribution in [2.24, 2.45) is 5.73 Å². The van der Waals surface area contributed by atoms with E-state index in [2.05, 4.69) is 6.26 Å². The molecule has 0 aliphatic heterocycles. The van der Waals surface area contributed by atoms with Crippen LogP contribution in [0.25, 0.3) is 0 Å². The predicted octanol–water partition coefficient (Wildman–Crippen LogP) is 1.90. The lowest BCUT2D eigenvalue weighted by Gasteiger charge is -2.21. The van der Waals surface area contributed by atoms with Gasteiger partial charge in [0.2, 0.25) is 5.91 Å². The van der Waals surface area contributed by atoms with E-state index in [1.165, 1.54) is 0 Å². The highest BCUT2D eigenvalue weighted by molar-refractivity contribution is 7.98. The van der Waals surface area contributed by atoms with Crippen molar-refractivity contribution < 1.29 is 4.79 Å². The third-order valence-electron chi connectivity index (χ3n) is 2.64. The van der Waals surface area contributed by atoms with Crippen LogP contribution in [0.1, 0.15) is 18.0 Å². The van der Waals surface area contributed by atoms with Crippen LogP contribution in [-0.2, 0) is 4.79 Å². The predicted molar refractivity (Wildman–Crippen MR) is 74.0 cm³/mol. The largest absolute Gasteiger partial charge is 0.344 e. The molecule has 3 nitrogen and oxygen atoms in total. The summed E-state index contributed by atoms with van der Waals surface area (Å²) in [4.78, 5) is 13.7. The molecule has 0 saturated heterocycles. The smallest absolute Gasteiger partial charge is 0.243 e. The number of thioether (sulfide) groups is 1. The zero-order valence-electron chi connectivity index (χ0n) is 10.4. The van der Waals surface area contributed by atoms with Crippen LogP contribution in [0.3, 0.4) is 0 Å². The van der Waals surface area contributed by atoms with Gasteiger partial charge in [-0.1, -0.05) is 30.3 Å². The molecule has 0 heterocycles. The molecule has 1 aromatic carbocycles. The summed E-state index contributed by atoms with van der Waals surface area (Å²) in [7, 11) is 1.81. The second-order valence-electron chi connectivity index (χ2n) is 3.99. The molecule has 0 unspecified atom stereocenters. The van der Waals surface area contributed by atoms with E-state index in [0.29, 0.717) is 0 Å². The summed E-state index contributed by atoms with van der Waals surface area (Å²) >= 11 is 1.79. The zero-order valence-corrected chi connectivity index (χ0v) is 11.2. The van der Waals surface area contributed by atoms with Crippen LogP contribution in [0.5, 0.6) is 0 Å². The van der Waals surface area contributed by atoms with Gasteiger partial charge in [-0.2, -0.15) is 11.8 Å². The van der Waals surface area contributed by atoms with Gasteiger partial charge in [-0.15, -0.1) is 0 Å². The third kappa shape index (κ3) is 4.40. The van der Waals surface area contributed by atoms with E-state index in [4.69, 9.17) is 5.73 Å². The van der Waals surface area contributed by atoms with Crippen LogP contribution in [0.15, 0.2) is 30.3 Å². The number of likely N-dealkylation sites (N-methyl/N-ethyl adjacent to an activating group) is 1. The van der Waals surface area contributed by atoms with E-state index in [0.717, 1.165) is 24.3 Å². The number of amides is 1. The van der Waals surface area contributed by atoms with Gasteiger partial charge in [-0.3, -0.25) is 4.79 Å². The second-order valence-corrected chi connectivity index (χ2v) is 4.98. The van der Waals surface area contributed by atoms with Crippen molar-refractivity contribution in [1.82, 2.24) is 4.90 Å². The molecule has 0 bridgehead atoms. The van der Waals surface area contributed by atoms with E-state index >= 15 is 0 Å². The summed E-state index contributed by atoms with van der Waals surface area (Å²) in [6, 6.07) is 8.95. The quantitative estimate of drug-likeness (QED) is 0.787. The Labute approximate surface area is 107 Å². The fourth-order valence-corrected chi connectivity index (χ4v) is 2.01. The molecule has 1 rings (SSSR count). The van der Waals surface area contributed by atoms with E-state index in [-0.39, 0.29) is 5.91 Å². The van der Waals surface area contributed by atoms with E-state index in [9.17, 15) is 4.79 Å². The minimum absolute atomic E-state index is 0.0164. The Kier molecular flexibility index (Phi) is 6.08. The van der Waals surface area contributed by atoms with Gasteiger partial charge in [0.05, 0.1) is 0 Å². The molecule has 0 aliphatic carbocycles. The Balaban J connectivity index is 2.51. The number of rotatable bonds is 6. The standard InChI is InChI=1S/C13H20N2OS/c1-15(9-6-10-17-2)13(16)12(14)11-7-4-3-5-8-11/h3-5,7-8,12H,6,9-10,14H2,1-2H3/t12-/m0/s1. The Morgan fingerprint density at radius 1 is 1.41 bits per heavy atom. The Morgan fingerprint density at radius 2 is 2.06 bits per heavy atom. The van der Waals surface area contributed by atoms with Gasteiger partial charge in [0.1, 0.15) is 6.04 Å². The molecule has 0 aliphatic rings. The normalized spacial score (nSPS) is 12.2. The summed E-state index contributed by atoms with van der Waals surface area (Å²) in [5.41, 5.74) is 6.82. The summed E-state index contributed by atoms with van der Waals surface area (Å²) < 4.78 is 0. The molecule has 1 aromatic rings. The summed E-state index contributed by atoms with van der Waals surface area (Å²) in [5, 5.41) is 0. The average Bonchev–Trinajstić information content (AvgIpc) is 2.38. The molecule has 4 heteroatoms. The van der Waals surface area contributed by atoms with E-state index in [1.807, 2.05) is 37.4 Å². The monoisotopic (exact) mass is 252 g/mol. The number of hydrogen-bond donors (Lipinski definition) is 1. The van der Waals surface area contributed by atoms with E-state index in [1.54, 1.807) is 16.7 Å². The summed E-state index contributed by atoms with van der Waals surface area (Å²) in [6.07, 6.45) is 3.07. The molecular weight excluding hydrogens is 232 g/mol. The van der Waals surface area contributed by atoms with Gasteiger partial charge in [0.15, 0.2) is 0 Å². The molecule has 94 valence electrons. The van der Waals surface area contributed by atoms with Gasteiger partial charge in [0, 0.05) is 13.6 Å².